The van der Waals surface area contributed by atoms with Gasteiger partial charge in [-0.1, -0.05) is 6.07 Å². The third kappa shape index (κ3) is 5.28. The summed E-state index contributed by atoms with van der Waals surface area (Å²) in [7, 11) is 0. The number of carbonyl (C=O) groups is 1. The van der Waals surface area contributed by atoms with Gasteiger partial charge in [0.25, 0.3) is 0 Å². The molecule has 0 radical (unpaired) electrons. The van der Waals surface area contributed by atoms with Crippen LogP contribution in [0.15, 0.2) is 24.4 Å². The molecule has 0 saturated carbocycles. The number of rotatable bonds is 7. The Kier molecular flexibility index (Phi) is 6.65. The highest BCUT2D eigenvalue weighted by Gasteiger charge is 2.41. The van der Waals surface area contributed by atoms with Gasteiger partial charge >= 0.3 is 16.5 Å². The number of hydrogen-bond acceptors (Lipinski definition) is 4. The molecule has 2 aromatic rings. The molecule has 29 heavy (non-hydrogen) atoms. The number of aromatic nitrogens is 2. The largest absolute Gasteiger partial charge is 0.350 e. The summed E-state index contributed by atoms with van der Waals surface area (Å²) in [5, 5.41) is 7.87. The van der Waals surface area contributed by atoms with Crippen molar-refractivity contribution in [2.24, 2.45) is 0 Å². The molecule has 0 spiro atoms. The Labute approximate surface area is 175 Å². The number of carbonyl (C=O) groups excluding carboxylic acids is 1. The lowest BCUT2D eigenvalue weighted by molar-refractivity contribution is -0.384. The summed E-state index contributed by atoms with van der Waals surface area (Å²) < 4.78 is 55.9. The fourth-order valence-electron chi connectivity index (χ4n) is 2.43. The number of benzene rings is 1. The molecule has 0 saturated heterocycles. The maximum atomic E-state index is 13.9. The monoisotopic (exact) mass is 476 g/mol. The fraction of sp³-hybridized carbons (Fsp3) is 0.333. The number of amides is 1. The first-order chi connectivity index (χ1) is 13.2. The standard InChI is InChI=1S/C15H11Cl3F4N4O3/c1-7(16)5-11(27)24-13-10(26(28)29)6-23-25(13)12-8(14(17,19)20)3-2-4-9(12)15(18,21)22/h2-4,6-7H,5H2,1H3,(H,24,27). The van der Waals surface area contributed by atoms with Crippen LogP contribution in [0.25, 0.3) is 5.69 Å². The van der Waals surface area contributed by atoms with Crippen LogP contribution >= 0.6 is 34.8 Å². The predicted octanol–water partition coefficient (Wildman–Crippen LogP) is 5.31. The molecular weight excluding hydrogens is 467 g/mol. The summed E-state index contributed by atoms with van der Waals surface area (Å²) >= 11 is 15.8. The van der Waals surface area contributed by atoms with Gasteiger partial charge in [-0.25, -0.2) is 4.68 Å². The van der Waals surface area contributed by atoms with E-state index in [0.29, 0.717) is 23.0 Å². The Hall–Kier alpha value is -2.11. The minimum absolute atomic E-state index is 0.310. The number of nitrogens with one attached hydrogen (secondary N) is 1. The van der Waals surface area contributed by atoms with Gasteiger partial charge in [-0.3, -0.25) is 14.9 Å². The molecule has 1 atom stereocenters. The number of anilines is 1. The van der Waals surface area contributed by atoms with Crippen molar-refractivity contribution in [2.45, 2.75) is 29.5 Å². The third-order valence-corrected chi connectivity index (χ3v) is 4.09. The quantitative estimate of drug-likeness (QED) is 0.253. The van der Waals surface area contributed by atoms with E-state index in [2.05, 4.69) is 10.4 Å². The smallest absolute Gasteiger partial charge is 0.305 e. The summed E-state index contributed by atoms with van der Waals surface area (Å²) in [4.78, 5) is 22.3. The summed E-state index contributed by atoms with van der Waals surface area (Å²) in [6, 6.07) is 2.29. The summed E-state index contributed by atoms with van der Waals surface area (Å²) in [6.07, 6.45) is 0.286. The molecule has 0 bridgehead atoms. The first kappa shape index (κ1) is 23.2. The molecule has 1 unspecified atom stereocenters. The molecule has 0 aliphatic carbocycles. The molecule has 7 nitrogen and oxygen atoms in total. The molecule has 1 aromatic heterocycles. The van der Waals surface area contributed by atoms with Gasteiger partial charge in [0.05, 0.1) is 21.7 Å². The van der Waals surface area contributed by atoms with E-state index in [4.69, 9.17) is 34.8 Å². The Morgan fingerprint density at radius 2 is 1.79 bits per heavy atom. The Morgan fingerprint density at radius 1 is 1.28 bits per heavy atom. The number of hydrogen-bond donors (Lipinski definition) is 1. The molecule has 0 fully saturated rings. The van der Waals surface area contributed by atoms with Crippen molar-refractivity contribution >= 4 is 52.2 Å². The van der Waals surface area contributed by atoms with Crippen molar-refractivity contribution in [3.05, 3.63) is 45.6 Å². The molecule has 0 aliphatic rings. The van der Waals surface area contributed by atoms with E-state index >= 15 is 0 Å². The molecule has 1 heterocycles. The number of halogens is 7. The molecular formula is C15H11Cl3F4N4O3. The zero-order chi connectivity index (χ0) is 22.1. The Morgan fingerprint density at radius 3 is 2.21 bits per heavy atom. The highest BCUT2D eigenvalue weighted by atomic mass is 35.5. The van der Waals surface area contributed by atoms with Gasteiger partial charge in [0, 0.05) is 11.8 Å². The average Bonchev–Trinajstić information content (AvgIpc) is 2.95. The van der Waals surface area contributed by atoms with Gasteiger partial charge in [-0.2, -0.15) is 22.7 Å². The van der Waals surface area contributed by atoms with Crippen molar-refractivity contribution < 1.29 is 27.3 Å². The molecule has 14 heteroatoms. The van der Waals surface area contributed by atoms with Gasteiger partial charge in [0.1, 0.15) is 6.20 Å². The van der Waals surface area contributed by atoms with E-state index in [1.54, 1.807) is 0 Å². The highest BCUT2D eigenvalue weighted by molar-refractivity contribution is 6.23. The normalized spacial score (nSPS) is 13.2. The second kappa shape index (κ2) is 8.33. The first-order valence-electron chi connectivity index (χ1n) is 7.67. The van der Waals surface area contributed by atoms with E-state index in [1.807, 2.05) is 0 Å². The van der Waals surface area contributed by atoms with Crippen LogP contribution in [0.3, 0.4) is 0 Å². The van der Waals surface area contributed by atoms with E-state index in [9.17, 15) is 32.5 Å². The maximum absolute atomic E-state index is 13.9. The van der Waals surface area contributed by atoms with Crippen LogP contribution in [0, 0.1) is 10.1 Å². The van der Waals surface area contributed by atoms with Crippen molar-refractivity contribution in [1.82, 2.24) is 9.78 Å². The lowest BCUT2D eigenvalue weighted by Crippen LogP contribution is -2.22. The SMILES string of the molecule is CC(Cl)CC(=O)Nc1c([N+](=O)[O-])cnn1-c1c(C(F)(F)Cl)cccc1C(F)(F)Cl. The van der Waals surface area contributed by atoms with Gasteiger partial charge in [0.15, 0.2) is 0 Å². The summed E-state index contributed by atoms with van der Waals surface area (Å²) in [6.45, 7) is 1.46. The average molecular weight is 478 g/mol. The number of alkyl halides is 7. The second-order valence-electron chi connectivity index (χ2n) is 5.78. The predicted molar refractivity (Wildman–Crippen MR) is 98.3 cm³/mol. The maximum Gasteiger partial charge on any atom is 0.350 e. The highest BCUT2D eigenvalue weighted by Crippen LogP contribution is 2.45. The van der Waals surface area contributed by atoms with Gasteiger partial charge < -0.3 is 5.32 Å². The van der Waals surface area contributed by atoms with Crippen molar-refractivity contribution in [2.75, 3.05) is 5.32 Å². The molecule has 158 valence electrons. The lowest BCUT2D eigenvalue weighted by atomic mass is 10.1. The zero-order valence-corrected chi connectivity index (χ0v) is 16.6. The van der Waals surface area contributed by atoms with Gasteiger partial charge in [0.2, 0.25) is 11.7 Å². The van der Waals surface area contributed by atoms with Crippen LogP contribution in [0.1, 0.15) is 24.5 Å². The van der Waals surface area contributed by atoms with Crippen molar-refractivity contribution in [3.8, 4) is 5.69 Å². The van der Waals surface area contributed by atoms with E-state index in [0.717, 1.165) is 6.07 Å². The van der Waals surface area contributed by atoms with Crippen LogP contribution in [0.2, 0.25) is 0 Å². The number of para-hydroxylation sites is 1. The third-order valence-electron chi connectivity index (χ3n) is 3.53. The van der Waals surface area contributed by atoms with E-state index in [1.165, 1.54) is 6.92 Å². The Balaban J connectivity index is 2.81. The summed E-state index contributed by atoms with van der Waals surface area (Å²) in [5.74, 6) is -1.58. The first-order valence-corrected chi connectivity index (χ1v) is 8.86. The van der Waals surface area contributed by atoms with Gasteiger partial charge in [-0.15, -0.1) is 11.6 Å². The lowest BCUT2D eigenvalue weighted by Gasteiger charge is -2.21. The fourth-order valence-corrected chi connectivity index (χ4v) is 2.87. The molecule has 2 rings (SSSR count). The van der Waals surface area contributed by atoms with E-state index in [-0.39, 0.29) is 6.42 Å². The summed E-state index contributed by atoms with van der Waals surface area (Å²) in [5.41, 5.74) is -4.17. The van der Waals surface area contributed by atoms with E-state index < -0.39 is 55.3 Å². The van der Waals surface area contributed by atoms with Crippen LogP contribution in [0.4, 0.5) is 29.1 Å². The molecule has 0 aliphatic heterocycles. The topological polar surface area (TPSA) is 90.1 Å². The molecule has 1 N–H and O–H groups in total. The van der Waals surface area contributed by atoms with Crippen LogP contribution in [-0.4, -0.2) is 26.0 Å². The molecule has 1 aromatic carbocycles. The number of nitro groups is 1. The van der Waals surface area contributed by atoms with Crippen LogP contribution < -0.4 is 5.32 Å². The number of nitrogens with zero attached hydrogens (tertiary/aromatic N) is 3. The van der Waals surface area contributed by atoms with Crippen molar-refractivity contribution in [3.63, 3.8) is 0 Å². The van der Waals surface area contributed by atoms with Gasteiger partial charge in [-0.05, 0) is 42.3 Å². The van der Waals surface area contributed by atoms with Crippen molar-refractivity contribution in [1.29, 1.82) is 0 Å². The minimum atomic E-state index is -4.17. The van der Waals surface area contributed by atoms with Crippen LogP contribution in [0.5, 0.6) is 0 Å². The zero-order valence-electron chi connectivity index (χ0n) is 14.3. The molecule has 1 amide bonds. The second-order valence-corrected chi connectivity index (χ2v) is 7.47. The van der Waals surface area contributed by atoms with Crippen LogP contribution in [-0.2, 0) is 15.6 Å². The Bertz CT molecular complexity index is 910. The minimum Gasteiger partial charge on any atom is -0.305 e.